The van der Waals surface area contributed by atoms with Gasteiger partial charge in [-0.15, -0.1) is 0 Å². The maximum Gasteiger partial charge on any atom is 0.253 e. The third kappa shape index (κ3) is 1.94. The molecule has 0 unspecified atom stereocenters. The van der Waals surface area contributed by atoms with E-state index in [1.54, 1.807) is 6.33 Å². The lowest BCUT2D eigenvalue weighted by Gasteiger charge is -2.09. The third-order valence-electron chi connectivity index (χ3n) is 4.12. The van der Waals surface area contributed by atoms with Crippen LogP contribution in [0, 0.1) is 6.92 Å². The van der Waals surface area contributed by atoms with Crippen LogP contribution in [-0.4, -0.2) is 20.4 Å². The van der Waals surface area contributed by atoms with Gasteiger partial charge < -0.3 is 14.9 Å². The van der Waals surface area contributed by atoms with Crippen LogP contribution < -0.4 is 5.32 Å². The molecule has 0 fully saturated rings. The van der Waals surface area contributed by atoms with Crippen molar-refractivity contribution in [1.29, 1.82) is 0 Å². The minimum Gasteiger partial charge on any atom is -0.348 e. The zero-order chi connectivity index (χ0) is 15.1. The molecule has 0 atom stereocenters. The SMILES string of the molecule is Cc1[nH]cnc1CNC(=O)c1cn2c3c(cccc13)C=CC2. The van der Waals surface area contributed by atoms with Crippen LogP contribution in [-0.2, 0) is 13.1 Å². The summed E-state index contributed by atoms with van der Waals surface area (Å²) in [5.74, 6) is -0.0646. The van der Waals surface area contributed by atoms with E-state index in [0.717, 1.165) is 34.4 Å². The van der Waals surface area contributed by atoms with E-state index in [9.17, 15) is 4.79 Å². The number of amides is 1. The highest BCUT2D eigenvalue weighted by Gasteiger charge is 2.18. The lowest BCUT2D eigenvalue weighted by atomic mass is 10.1. The number of nitrogens with zero attached hydrogens (tertiary/aromatic N) is 2. The summed E-state index contributed by atoms with van der Waals surface area (Å²) in [6, 6.07) is 6.07. The lowest BCUT2D eigenvalue weighted by molar-refractivity contribution is 0.0952. The number of carbonyl (C=O) groups excluding carboxylic acids is 1. The molecule has 3 heterocycles. The fraction of sp³-hybridized carbons (Fsp3) is 0.176. The minimum atomic E-state index is -0.0646. The number of aromatic amines is 1. The van der Waals surface area contributed by atoms with E-state index in [2.05, 4.69) is 38.1 Å². The second-order valence-electron chi connectivity index (χ2n) is 5.50. The summed E-state index contributed by atoms with van der Waals surface area (Å²) in [6.07, 6.45) is 7.79. The van der Waals surface area contributed by atoms with Gasteiger partial charge in [-0.2, -0.15) is 0 Å². The van der Waals surface area contributed by atoms with Crippen molar-refractivity contribution in [2.24, 2.45) is 0 Å². The molecule has 3 aromatic rings. The fourth-order valence-corrected chi connectivity index (χ4v) is 2.97. The molecule has 5 nitrogen and oxygen atoms in total. The normalized spacial score (nSPS) is 12.8. The van der Waals surface area contributed by atoms with Crippen molar-refractivity contribution in [2.75, 3.05) is 0 Å². The van der Waals surface area contributed by atoms with Crippen molar-refractivity contribution in [3.8, 4) is 0 Å². The Labute approximate surface area is 127 Å². The number of imidazole rings is 1. The van der Waals surface area contributed by atoms with Gasteiger partial charge in [-0.3, -0.25) is 4.79 Å². The number of carbonyl (C=O) groups is 1. The Kier molecular flexibility index (Phi) is 2.85. The fourth-order valence-electron chi connectivity index (χ4n) is 2.97. The van der Waals surface area contributed by atoms with E-state index in [1.165, 1.54) is 0 Å². The number of allylic oxidation sites excluding steroid dienone is 1. The van der Waals surface area contributed by atoms with Gasteiger partial charge in [0, 0.05) is 23.8 Å². The molecule has 5 heteroatoms. The van der Waals surface area contributed by atoms with Crippen LogP contribution in [0.2, 0.25) is 0 Å². The van der Waals surface area contributed by atoms with E-state index in [4.69, 9.17) is 0 Å². The van der Waals surface area contributed by atoms with Crippen molar-refractivity contribution in [3.05, 3.63) is 59.3 Å². The molecule has 110 valence electrons. The summed E-state index contributed by atoms with van der Waals surface area (Å²) in [5.41, 5.74) is 4.85. The van der Waals surface area contributed by atoms with E-state index in [1.807, 2.05) is 25.3 Å². The van der Waals surface area contributed by atoms with Gasteiger partial charge in [0.25, 0.3) is 5.91 Å². The molecule has 22 heavy (non-hydrogen) atoms. The van der Waals surface area contributed by atoms with Crippen LogP contribution in [0.4, 0.5) is 0 Å². The van der Waals surface area contributed by atoms with E-state index >= 15 is 0 Å². The molecule has 0 radical (unpaired) electrons. The summed E-state index contributed by atoms with van der Waals surface area (Å²) >= 11 is 0. The molecule has 0 bridgehead atoms. The first-order valence-corrected chi connectivity index (χ1v) is 7.29. The van der Waals surface area contributed by atoms with Crippen molar-refractivity contribution in [3.63, 3.8) is 0 Å². The first kappa shape index (κ1) is 12.9. The molecule has 1 amide bonds. The van der Waals surface area contributed by atoms with Gasteiger partial charge in [0.15, 0.2) is 0 Å². The number of para-hydroxylation sites is 1. The summed E-state index contributed by atoms with van der Waals surface area (Å²) in [5, 5.41) is 3.95. The van der Waals surface area contributed by atoms with Gasteiger partial charge in [0.05, 0.1) is 29.6 Å². The molecule has 1 aromatic carbocycles. The van der Waals surface area contributed by atoms with Gasteiger partial charge in [0.1, 0.15) is 0 Å². The predicted molar refractivity (Wildman–Crippen MR) is 85.5 cm³/mol. The minimum absolute atomic E-state index is 0.0646. The molecule has 2 N–H and O–H groups in total. The molecule has 0 spiro atoms. The second-order valence-corrected chi connectivity index (χ2v) is 5.50. The zero-order valence-corrected chi connectivity index (χ0v) is 12.3. The van der Waals surface area contributed by atoms with Crippen molar-refractivity contribution in [1.82, 2.24) is 19.9 Å². The second kappa shape index (κ2) is 4.87. The van der Waals surface area contributed by atoms with Gasteiger partial charge in [-0.1, -0.05) is 30.4 Å². The lowest BCUT2D eigenvalue weighted by Crippen LogP contribution is -2.23. The van der Waals surface area contributed by atoms with Crippen molar-refractivity contribution in [2.45, 2.75) is 20.0 Å². The number of hydrogen-bond donors (Lipinski definition) is 2. The Bertz CT molecular complexity index is 901. The van der Waals surface area contributed by atoms with Crippen LogP contribution in [0.15, 0.2) is 36.8 Å². The van der Waals surface area contributed by atoms with Crippen LogP contribution >= 0.6 is 0 Å². The maximum absolute atomic E-state index is 12.5. The van der Waals surface area contributed by atoms with Crippen LogP contribution in [0.25, 0.3) is 17.0 Å². The number of nitrogens with one attached hydrogen (secondary N) is 2. The Morgan fingerprint density at radius 2 is 2.36 bits per heavy atom. The first-order chi connectivity index (χ1) is 10.7. The summed E-state index contributed by atoms with van der Waals surface area (Å²) in [6.45, 7) is 3.18. The third-order valence-corrected chi connectivity index (χ3v) is 4.12. The smallest absolute Gasteiger partial charge is 0.253 e. The highest BCUT2D eigenvalue weighted by molar-refractivity contribution is 6.08. The Balaban J connectivity index is 1.66. The molecular formula is C17H16N4O. The first-order valence-electron chi connectivity index (χ1n) is 7.29. The maximum atomic E-state index is 12.5. The number of rotatable bonds is 3. The Hall–Kier alpha value is -2.82. The number of H-pyrrole nitrogens is 1. The van der Waals surface area contributed by atoms with Gasteiger partial charge in [-0.05, 0) is 12.5 Å². The molecule has 0 aliphatic carbocycles. The van der Waals surface area contributed by atoms with Crippen LogP contribution in [0.5, 0.6) is 0 Å². The standard InChI is InChI=1S/C17H16N4O/c1-11-15(20-10-19-11)8-18-17(22)14-9-21-7-3-5-12-4-2-6-13(14)16(12)21/h2-6,9-10H,7-8H2,1H3,(H,18,22)(H,19,20). The van der Waals surface area contributed by atoms with Crippen LogP contribution in [0.3, 0.4) is 0 Å². The molecule has 1 aliphatic rings. The average Bonchev–Trinajstić information content (AvgIpc) is 3.11. The van der Waals surface area contributed by atoms with E-state index in [-0.39, 0.29) is 5.91 Å². The topological polar surface area (TPSA) is 62.7 Å². The monoisotopic (exact) mass is 292 g/mol. The molecular weight excluding hydrogens is 276 g/mol. The molecule has 2 aromatic heterocycles. The molecule has 4 rings (SSSR count). The predicted octanol–water partition coefficient (Wildman–Crippen LogP) is 2.63. The summed E-state index contributed by atoms with van der Waals surface area (Å²) in [7, 11) is 0. The summed E-state index contributed by atoms with van der Waals surface area (Å²) in [4.78, 5) is 19.8. The Morgan fingerprint density at radius 3 is 3.18 bits per heavy atom. The van der Waals surface area contributed by atoms with Gasteiger partial charge in [0.2, 0.25) is 0 Å². The molecule has 0 saturated carbocycles. The quantitative estimate of drug-likeness (QED) is 0.779. The van der Waals surface area contributed by atoms with Gasteiger partial charge >= 0.3 is 0 Å². The van der Waals surface area contributed by atoms with E-state index in [0.29, 0.717) is 12.1 Å². The number of hydrogen-bond acceptors (Lipinski definition) is 2. The highest BCUT2D eigenvalue weighted by atomic mass is 16.1. The molecule has 1 aliphatic heterocycles. The van der Waals surface area contributed by atoms with Crippen LogP contribution in [0.1, 0.15) is 27.3 Å². The largest absolute Gasteiger partial charge is 0.348 e. The number of aromatic nitrogens is 3. The molecule has 0 saturated heterocycles. The zero-order valence-electron chi connectivity index (χ0n) is 12.3. The Morgan fingerprint density at radius 1 is 1.45 bits per heavy atom. The average molecular weight is 292 g/mol. The van der Waals surface area contributed by atoms with Gasteiger partial charge in [-0.25, -0.2) is 4.98 Å². The number of aryl methyl sites for hydroxylation is 1. The number of benzene rings is 1. The van der Waals surface area contributed by atoms with E-state index < -0.39 is 0 Å². The highest BCUT2D eigenvalue weighted by Crippen LogP contribution is 2.28. The summed E-state index contributed by atoms with van der Waals surface area (Å²) < 4.78 is 2.12. The van der Waals surface area contributed by atoms with Crippen molar-refractivity contribution < 1.29 is 4.79 Å². The van der Waals surface area contributed by atoms with Crippen molar-refractivity contribution >= 4 is 22.9 Å².